The zero-order valence-electron chi connectivity index (χ0n) is 11.3. The molecule has 1 aromatic carbocycles. The second-order valence-electron chi connectivity index (χ2n) is 6.13. The minimum atomic E-state index is 0.00451. The third-order valence-electron chi connectivity index (χ3n) is 4.67. The lowest BCUT2D eigenvalue weighted by molar-refractivity contribution is -0.176. The molecule has 0 unspecified atom stereocenters. The van der Waals surface area contributed by atoms with Gasteiger partial charge in [-0.1, -0.05) is 36.8 Å². The highest BCUT2D eigenvalue weighted by Gasteiger charge is 2.60. The van der Waals surface area contributed by atoms with E-state index in [1.165, 1.54) is 11.1 Å². The molecule has 1 saturated carbocycles. The summed E-state index contributed by atoms with van der Waals surface area (Å²) < 4.78 is 5.38. The second kappa shape index (κ2) is 3.92. The first-order valence-electron chi connectivity index (χ1n) is 6.83. The van der Waals surface area contributed by atoms with E-state index in [1.807, 2.05) is 0 Å². The maximum atomic E-state index is 8.39. The molecule has 1 aromatic rings. The Bertz CT molecular complexity index is 480. The first-order valence-corrected chi connectivity index (χ1v) is 6.83. The molecule has 1 spiro atoms. The van der Waals surface area contributed by atoms with Gasteiger partial charge in [-0.25, -0.2) is 0 Å². The predicted octanol–water partition coefficient (Wildman–Crippen LogP) is 3.47. The van der Waals surface area contributed by atoms with Gasteiger partial charge in [-0.15, -0.1) is 0 Å². The standard InChI is InChI=1S/C16H21NO/c1-3-14(17)16(8-15(9-16)10-18-11-15)13-6-4-5-12(2)7-13/h4-7,17H,3,8-11H2,1-2H3. The van der Waals surface area contributed by atoms with E-state index in [0.717, 1.165) is 38.2 Å². The van der Waals surface area contributed by atoms with Gasteiger partial charge in [-0.2, -0.15) is 0 Å². The number of rotatable bonds is 3. The van der Waals surface area contributed by atoms with Crippen molar-refractivity contribution in [2.75, 3.05) is 13.2 Å². The molecule has 3 rings (SSSR count). The van der Waals surface area contributed by atoms with E-state index in [4.69, 9.17) is 10.1 Å². The molecule has 18 heavy (non-hydrogen) atoms. The quantitative estimate of drug-likeness (QED) is 0.810. The normalized spacial score (nSPS) is 23.2. The minimum absolute atomic E-state index is 0.00451. The van der Waals surface area contributed by atoms with Gasteiger partial charge in [0.2, 0.25) is 0 Å². The van der Waals surface area contributed by atoms with Crippen LogP contribution in [-0.2, 0) is 10.2 Å². The van der Waals surface area contributed by atoms with Crippen LogP contribution in [-0.4, -0.2) is 18.9 Å². The summed E-state index contributed by atoms with van der Waals surface area (Å²) in [6, 6.07) is 8.71. The molecule has 0 amide bonds. The summed E-state index contributed by atoms with van der Waals surface area (Å²) in [6.45, 7) is 6.03. The Morgan fingerprint density at radius 2 is 2.06 bits per heavy atom. The van der Waals surface area contributed by atoms with Crippen molar-refractivity contribution < 1.29 is 4.74 Å². The van der Waals surface area contributed by atoms with Gasteiger partial charge in [-0.3, -0.25) is 0 Å². The highest BCUT2D eigenvalue weighted by atomic mass is 16.5. The summed E-state index contributed by atoms with van der Waals surface area (Å²) in [5.74, 6) is 0. The molecule has 0 radical (unpaired) electrons. The van der Waals surface area contributed by atoms with Crippen molar-refractivity contribution >= 4 is 5.71 Å². The van der Waals surface area contributed by atoms with Crippen molar-refractivity contribution in [2.45, 2.75) is 38.5 Å². The van der Waals surface area contributed by atoms with E-state index in [0.29, 0.717) is 5.41 Å². The maximum absolute atomic E-state index is 8.39. The summed E-state index contributed by atoms with van der Waals surface area (Å²) in [5.41, 5.74) is 3.93. The van der Waals surface area contributed by atoms with Crippen LogP contribution in [0.15, 0.2) is 24.3 Å². The van der Waals surface area contributed by atoms with Gasteiger partial charge in [0.1, 0.15) is 0 Å². The van der Waals surface area contributed by atoms with Gasteiger partial charge in [-0.05, 0) is 31.7 Å². The van der Waals surface area contributed by atoms with Crippen LogP contribution in [0.3, 0.4) is 0 Å². The van der Waals surface area contributed by atoms with E-state index < -0.39 is 0 Å². The molecule has 1 saturated heterocycles. The molecular weight excluding hydrogens is 222 g/mol. The fourth-order valence-corrected chi connectivity index (χ4v) is 3.70. The van der Waals surface area contributed by atoms with Gasteiger partial charge in [0, 0.05) is 16.5 Å². The predicted molar refractivity (Wildman–Crippen MR) is 73.4 cm³/mol. The fourth-order valence-electron chi connectivity index (χ4n) is 3.70. The van der Waals surface area contributed by atoms with Crippen LogP contribution >= 0.6 is 0 Å². The van der Waals surface area contributed by atoms with Crippen molar-refractivity contribution in [3.05, 3.63) is 35.4 Å². The van der Waals surface area contributed by atoms with Gasteiger partial charge in [0.05, 0.1) is 13.2 Å². The molecular formula is C16H21NO. The molecule has 0 aromatic heterocycles. The molecule has 2 fully saturated rings. The van der Waals surface area contributed by atoms with Crippen molar-refractivity contribution in [3.63, 3.8) is 0 Å². The molecule has 1 heterocycles. The lowest BCUT2D eigenvalue weighted by Crippen LogP contribution is -2.62. The van der Waals surface area contributed by atoms with Gasteiger partial charge >= 0.3 is 0 Å². The molecule has 0 atom stereocenters. The summed E-state index contributed by atoms with van der Waals surface area (Å²) in [4.78, 5) is 0. The Morgan fingerprint density at radius 3 is 2.56 bits per heavy atom. The molecule has 96 valence electrons. The van der Waals surface area contributed by atoms with Crippen LogP contribution in [0, 0.1) is 17.7 Å². The van der Waals surface area contributed by atoms with Gasteiger partial charge in [0.15, 0.2) is 0 Å². The molecule has 2 nitrogen and oxygen atoms in total. The van der Waals surface area contributed by atoms with Crippen LogP contribution < -0.4 is 0 Å². The third-order valence-corrected chi connectivity index (χ3v) is 4.67. The zero-order valence-corrected chi connectivity index (χ0v) is 11.3. The van der Waals surface area contributed by atoms with Crippen LogP contribution in [0.25, 0.3) is 0 Å². The van der Waals surface area contributed by atoms with E-state index in [9.17, 15) is 0 Å². The van der Waals surface area contributed by atoms with Crippen molar-refractivity contribution in [1.29, 1.82) is 5.41 Å². The number of ether oxygens (including phenoxy) is 1. The van der Waals surface area contributed by atoms with Crippen LogP contribution in [0.1, 0.15) is 37.3 Å². The Labute approximate surface area is 109 Å². The zero-order chi connectivity index (χ0) is 12.8. The van der Waals surface area contributed by atoms with E-state index in [-0.39, 0.29) is 5.41 Å². The number of benzene rings is 1. The highest BCUT2D eigenvalue weighted by molar-refractivity contribution is 5.93. The van der Waals surface area contributed by atoms with Crippen molar-refractivity contribution in [1.82, 2.24) is 0 Å². The number of nitrogens with one attached hydrogen (secondary N) is 1. The first-order chi connectivity index (χ1) is 8.60. The van der Waals surface area contributed by atoms with Crippen molar-refractivity contribution in [3.8, 4) is 0 Å². The molecule has 2 heteroatoms. The minimum Gasteiger partial charge on any atom is -0.380 e. The average Bonchev–Trinajstić information content (AvgIpc) is 2.25. The smallest absolute Gasteiger partial charge is 0.0545 e. The summed E-state index contributed by atoms with van der Waals surface area (Å²) >= 11 is 0. The average molecular weight is 243 g/mol. The highest BCUT2D eigenvalue weighted by Crippen LogP contribution is 2.60. The summed E-state index contributed by atoms with van der Waals surface area (Å²) in [5, 5.41) is 8.39. The van der Waals surface area contributed by atoms with E-state index in [2.05, 4.69) is 38.1 Å². The Hall–Kier alpha value is -1.15. The SMILES string of the molecule is CCC(=N)C1(c2cccc(C)c2)CC2(COC2)C1. The molecule has 1 aliphatic carbocycles. The monoisotopic (exact) mass is 243 g/mol. The number of hydrogen-bond acceptors (Lipinski definition) is 2. The summed E-state index contributed by atoms with van der Waals surface area (Å²) in [6.07, 6.45) is 3.07. The van der Waals surface area contributed by atoms with Crippen LogP contribution in [0.5, 0.6) is 0 Å². The Morgan fingerprint density at radius 1 is 1.33 bits per heavy atom. The lowest BCUT2D eigenvalue weighted by Gasteiger charge is -2.60. The number of aryl methyl sites for hydroxylation is 1. The van der Waals surface area contributed by atoms with Gasteiger partial charge in [0.25, 0.3) is 0 Å². The maximum Gasteiger partial charge on any atom is 0.0545 e. The first kappa shape index (κ1) is 11.9. The van der Waals surface area contributed by atoms with E-state index >= 15 is 0 Å². The fraction of sp³-hybridized carbons (Fsp3) is 0.562. The topological polar surface area (TPSA) is 33.1 Å². The van der Waals surface area contributed by atoms with Crippen LogP contribution in [0.2, 0.25) is 0 Å². The van der Waals surface area contributed by atoms with Gasteiger partial charge < -0.3 is 10.1 Å². The molecule has 1 aliphatic heterocycles. The van der Waals surface area contributed by atoms with Crippen LogP contribution in [0.4, 0.5) is 0 Å². The molecule has 2 aliphatic rings. The molecule has 0 bridgehead atoms. The Balaban J connectivity index is 1.94. The second-order valence-corrected chi connectivity index (χ2v) is 6.13. The lowest BCUT2D eigenvalue weighted by atomic mass is 9.47. The largest absolute Gasteiger partial charge is 0.380 e. The Kier molecular flexibility index (Phi) is 2.60. The summed E-state index contributed by atoms with van der Waals surface area (Å²) in [7, 11) is 0. The molecule has 1 N–H and O–H groups in total. The van der Waals surface area contributed by atoms with Crippen molar-refractivity contribution in [2.24, 2.45) is 5.41 Å². The van der Waals surface area contributed by atoms with E-state index in [1.54, 1.807) is 0 Å². The third kappa shape index (κ3) is 1.55. The number of hydrogen-bond donors (Lipinski definition) is 1.